The molecule has 21 heteroatoms. The van der Waals surface area contributed by atoms with Crippen LogP contribution in [-0.2, 0) is 11.3 Å². The number of alkyl halides is 2. The van der Waals surface area contributed by atoms with Crippen LogP contribution in [0.15, 0.2) is 0 Å². The van der Waals surface area contributed by atoms with Crippen LogP contribution in [0.3, 0.4) is 0 Å². The van der Waals surface area contributed by atoms with E-state index < -0.39 is 177 Å². The summed E-state index contributed by atoms with van der Waals surface area (Å²) in [6.45, 7) is 0. The summed E-state index contributed by atoms with van der Waals surface area (Å²) in [4.78, 5) is 0. The number of benzene rings is 5. The summed E-state index contributed by atoms with van der Waals surface area (Å²) in [5.74, 6) is -60.4. The van der Waals surface area contributed by atoms with Gasteiger partial charge in [0.05, 0.1) is 0 Å². The second-order valence-corrected chi connectivity index (χ2v) is 11.2. The third kappa shape index (κ3) is 3.88. The highest BCUT2D eigenvalue weighted by Gasteiger charge is 2.63. The Balaban J connectivity index is 1.81. The van der Waals surface area contributed by atoms with E-state index in [9.17, 15) is 43.9 Å². The van der Waals surface area contributed by atoms with E-state index in [-0.39, 0.29) is 0 Å². The number of rotatable bonds is 2. The first-order valence-electron chi connectivity index (χ1n) is 13.5. The van der Waals surface area contributed by atoms with E-state index in [1.807, 2.05) is 0 Å². The first-order valence-corrected chi connectivity index (χ1v) is 13.5. The Morgan fingerprint density at radius 2 is 0.472 bits per heavy atom. The second kappa shape index (κ2) is 10.8. The summed E-state index contributed by atoms with van der Waals surface area (Å²) < 4.78 is 321. The van der Waals surface area contributed by atoms with Gasteiger partial charge >= 0.3 is 0 Å². The molecule has 1 radical (unpaired) electrons. The molecular weight excluding hydrogens is 783 g/mol. The highest BCUT2D eigenvalue weighted by atomic mass is 19.2. The van der Waals surface area contributed by atoms with Crippen molar-refractivity contribution in [1.29, 1.82) is 0 Å². The minimum absolute atomic E-state index is 0.619. The molecule has 0 bridgehead atoms. The van der Waals surface area contributed by atoms with Crippen molar-refractivity contribution >= 4 is 0 Å². The summed E-state index contributed by atoms with van der Waals surface area (Å²) in [6.07, 6.45) is 0. The minimum Gasteiger partial charge on any atom is -0.228 e. The third-order valence-electron chi connectivity index (χ3n) is 8.72. The molecule has 0 saturated carbocycles. The molecule has 0 amide bonds. The lowest BCUT2D eigenvalue weighted by atomic mass is 9.75. The minimum atomic E-state index is -5.72. The zero-order valence-electron chi connectivity index (χ0n) is 23.9. The number of fused-ring (bicyclic) bond motifs is 6. The summed E-state index contributed by atoms with van der Waals surface area (Å²) in [5, 5.41) is 0. The van der Waals surface area contributed by atoms with Gasteiger partial charge in [-0.3, -0.25) is 0 Å². The van der Waals surface area contributed by atoms with Crippen LogP contribution in [0, 0.1) is 117 Å². The standard InChI is InChI=1S/C32F21/c33-3-1-2(31(52)9-4(14(35)23(44)27(48)19(9)40)5-10(31)20(41)28(49)24(45)15(5)36)8(18(39)13(3)34)32(53)11-6(16(37)25(46)29(50)21(11)42)7-12(32)22(43)30(51)26(47)17(7)38. The molecule has 0 fully saturated rings. The fourth-order valence-corrected chi connectivity index (χ4v) is 6.63. The van der Waals surface area contributed by atoms with E-state index >= 15 is 48.3 Å². The van der Waals surface area contributed by atoms with Crippen LogP contribution >= 0.6 is 0 Å². The molecule has 0 unspecified atom stereocenters. The zero-order chi connectivity index (χ0) is 39.5. The lowest BCUT2D eigenvalue weighted by molar-refractivity contribution is 0.219. The molecule has 53 heavy (non-hydrogen) atoms. The number of halogens is 21. The third-order valence-corrected chi connectivity index (χ3v) is 8.72. The van der Waals surface area contributed by atoms with Crippen molar-refractivity contribution in [2.24, 2.45) is 0 Å². The molecule has 2 aliphatic carbocycles. The molecule has 0 nitrogen and oxygen atoms in total. The maximum absolute atomic E-state index is 17.9. The lowest BCUT2D eigenvalue weighted by Gasteiger charge is -2.33. The number of hydrogen-bond acceptors (Lipinski definition) is 0. The van der Waals surface area contributed by atoms with Crippen LogP contribution in [0.25, 0.3) is 22.3 Å². The molecule has 7 rings (SSSR count). The van der Waals surface area contributed by atoms with Gasteiger partial charge in [0, 0.05) is 61.7 Å². The molecule has 0 saturated heterocycles. The van der Waals surface area contributed by atoms with Gasteiger partial charge < -0.3 is 0 Å². The topological polar surface area (TPSA) is 0 Å². The fourth-order valence-electron chi connectivity index (χ4n) is 6.63. The Hall–Kier alpha value is -5.37. The van der Waals surface area contributed by atoms with Crippen molar-refractivity contribution in [3.63, 3.8) is 0 Å². The lowest BCUT2D eigenvalue weighted by Crippen LogP contribution is -2.35. The largest absolute Gasteiger partial charge is 0.228 e. The normalized spacial score (nSPS) is 14.8. The van der Waals surface area contributed by atoms with E-state index in [4.69, 9.17) is 0 Å². The molecule has 5 aromatic carbocycles. The molecule has 275 valence electrons. The summed E-state index contributed by atoms with van der Waals surface area (Å²) in [5.41, 5.74) is -39.5. The summed E-state index contributed by atoms with van der Waals surface area (Å²) in [7, 11) is 0. The van der Waals surface area contributed by atoms with Crippen molar-refractivity contribution in [2.75, 3.05) is 0 Å². The van der Waals surface area contributed by atoms with E-state index in [1.165, 1.54) is 0 Å². The van der Waals surface area contributed by atoms with Gasteiger partial charge in [0.25, 0.3) is 0 Å². The van der Waals surface area contributed by atoms with Gasteiger partial charge in [-0.1, -0.05) is 0 Å². The molecule has 2 aliphatic rings. The van der Waals surface area contributed by atoms with Gasteiger partial charge in [0.1, 0.15) is 0 Å². The Morgan fingerprint density at radius 1 is 0.245 bits per heavy atom. The van der Waals surface area contributed by atoms with Crippen LogP contribution in [0.2, 0.25) is 0 Å². The van der Waals surface area contributed by atoms with Crippen LogP contribution in [0.1, 0.15) is 33.4 Å². The monoisotopic (exact) mass is 783 g/mol. The SMILES string of the molecule is Fc1[c]c(C2(F)c3c(F)c(F)c(F)c(F)c3-c3c(F)c(F)c(F)c(F)c32)c(C2(F)c3c(F)c(F)c(F)c(F)c3-c3c(F)c(F)c(F)c(F)c32)c(F)c1F. The zero-order valence-corrected chi connectivity index (χ0v) is 23.9. The quantitative estimate of drug-likeness (QED) is 0.0951. The molecule has 5 aromatic rings. The first kappa shape index (κ1) is 36.0. The molecule has 0 heterocycles. The van der Waals surface area contributed by atoms with Gasteiger partial charge in [-0.05, 0) is 0 Å². The predicted molar refractivity (Wildman–Crippen MR) is 130 cm³/mol. The Labute approximate surface area is 276 Å². The average Bonchev–Trinajstić information content (AvgIpc) is 3.57. The molecule has 0 aromatic heterocycles. The molecule has 0 spiro atoms. The fraction of sp³-hybridized carbons (Fsp3) is 0.0625. The van der Waals surface area contributed by atoms with Crippen molar-refractivity contribution in [1.82, 2.24) is 0 Å². The van der Waals surface area contributed by atoms with E-state index in [0.717, 1.165) is 0 Å². The van der Waals surface area contributed by atoms with Crippen molar-refractivity contribution in [3.05, 3.63) is 150 Å². The van der Waals surface area contributed by atoms with Gasteiger partial charge in [-0.15, -0.1) is 0 Å². The van der Waals surface area contributed by atoms with Crippen LogP contribution < -0.4 is 0 Å². The molecular formula is C32F21. The predicted octanol–water partition coefficient (Wildman–Crippen LogP) is 10.6. The van der Waals surface area contributed by atoms with E-state index in [1.54, 1.807) is 0 Å². The van der Waals surface area contributed by atoms with Crippen LogP contribution in [-0.4, -0.2) is 0 Å². The molecule has 0 atom stereocenters. The highest BCUT2D eigenvalue weighted by molar-refractivity contribution is 5.87. The van der Waals surface area contributed by atoms with E-state index in [2.05, 4.69) is 0 Å². The van der Waals surface area contributed by atoms with Crippen molar-refractivity contribution in [3.8, 4) is 22.3 Å². The maximum atomic E-state index is 17.9. The van der Waals surface area contributed by atoms with Crippen molar-refractivity contribution < 1.29 is 92.2 Å². The summed E-state index contributed by atoms with van der Waals surface area (Å²) in [6, 6.07) is 0.619. The molecule has 0 aliphatic heterocycles. The summed E-state index contributed by atoms with van der Waals surface area (Å²) >= 11 is 0. The van der Waals surface area contributed by atoms with Gasteiger partial charge in [-0.2, -0.15) is 0 Å². The second-order valence-electron chi connectivity index (χ2n) is 11.2. The van der Waals surface area contributed by atoms with Gasteiger partial charge in [-0.25, -0.2) is 92.2 Å². The number of hydrogen-bond donors (Lipinski definition) is 0. The smallest absolute Gasteiger partial charge is 0.198 e. The molecule has 0 N–H and O–H groups in total. The average molecular weight is 783 g/mol. The first-order chi connectivity index (χ1) is 24.5. The van der Waals surface area contributed by atoms with Crippen LogP contribution in [0.4, 0.5) is 92.2 Å². The van der Waals surface area contributed by atoms with E-state index in [0.29, 0.717) is 6.07 Å². The highest BCUT2D eigenvalue weighted by Crippen LogP contribution is 2.64. The Kier molecular flexibility index (Phi) is 7.37. The van der Waals surface area contributed by atoms with Crippen LogP contribution in [0.5, 0.6) is 0 Å². The van der Waals surface area contributed by atoms with Gasteiger partial charge in [0.15, 0.2) is 122 Å². The Morgan fingerprint density at radius 3 is 0.755 bits per heavy atom. The van der Waals surface area contributed by atoms with Crippen molar-refractivity contribution in [2.45, 2.75) is 11.3 Å². The maximum Gasteiger partial charge on any atom is 0.198 e. The Bertz CT molecular complexity index is 2450. The van der Waals surface area contributed by atoms with Gasteiger partial charge in [0.2, 0.25) is 0 Å².